The maximum absolute atomic E-state index is 12.2. The van der Waals surface area contributed by atoms with E-state index in [4.69, 9.17) is 9.47 Å². The number of aromatic nitrogens is 1. The van der Waals surface area contributed by atoms with Crippen molar-refractivity contribution >= 4 is 34.7 Å². The number of rotatable bonds is 4. The molecule has 1 spiro atoms. The van der Waals surface area contributed by atoms with Gasteiger partial charge in [-0.1, -0.05) is 18.2 Å². The molecule has 5 nitrogen and oxygen atoms in total. The Morgan fingerprint density at radius 2 is 2.08 bits per heavy atom. The number of hydrogen-bond donors (Lipinski definition) is 1. The number of carbonyl (C=O) groups is 1. The van der Waals surface area contributed by atoms with Gasteiger partial charge in [0.25, 0.3) is 5.79 Å². The van der Waals surface area contributed by atoms with Crippen molar-refractivity contribution in [3.8, 4) is 11.5 Å². The Bertz CT molecular complexity index is 784. The first-order valence-corrected chi connectivity index (χ1v) is 10.4. The Morgan fingerprint density at radius 1 is 1.28 bits per heavy atom. The van der Waals surface area contributed by atoms with Gasteiger partial charge in [-0.25, -0.2) is 4.98 Å². The second-order valence-corrected chi connectivity index (χ2v) is 8.51. The van der Waals surface area contributed by atoms with E-state index < -0.39 is 5.79 Å². The van der Waals surface area contributed by atoms with Gasteiger partial charge in [-0.2, -0.15) is 0 Å². The highest BCUT2D eigenvalue weighted by Gasteiger charge is 2.42. The van der Waals surface area contributed by atoms with E-state index in [1.54, 1.807) is 11.3 Å². The summed E-state index contributed by atoms with van der Waals surface area (Å²) in [4.78, 5) is 16.5. The number of amides is 1. The largest absolute Gasteiger partial charge is 0.448 e. The molecule has 2 aromatic rings. The minimum atomic E-state index is -0.484. The minimum absolute atomic E-state index is 0.0518. The third-order valence-electron chi connectivity index (χ3n) is 4.36. The van der Waals surface area contributed by atoms with Gasteiger partial charge in [0, 0.05) is 35.7 Å². The molecule has 2 aliphatic rings. The van der Waals surface area contributed by atoms with Gasteiger partial charge >= 0.3 is 0 Å². The zero-order valence-electron chi connectivity index (χ0n) is 14.0. The molecule has 0 bridgehead atoms. The van der Waals surface area contributed by atoms with E-state index in [2.05, 4.69) is 10.3 Å². The lowest BCUT2D eigenvalue weighted by Gasteiger charge is -2.31. The van der Waals surface area contributed by atoms with Crippen molar-refractivity contribution in [2.24, 2.45) is 0 Å². The Kier molecular flexibility index (Phi) is 4.60. The smallest absolute Gasteiger partial charge is 0.251 e. The van der Waals surface area contributed by atoms with Crippen molar-refractivity contribution < 1.29 is 14.3 Å². The van der Waals surface area contributed by atoms with Crippen molar-refractivity contribution in [1.82, 2.24) is 4.98 Å². The Hall–Kier alpha value is -1.73. The maximum atomic E-state index is 12.2. The Balaban J connectivity index is 1.36. The van der Waals surface area contributed by atoms with E-state index in [9.17, 15) is 4.79 Å². The van der Waals surface area contributed by atoms with E-state index in [1.807, 2.05) is 30.5 Å². The van der Waals surface area contributed by atoms with E-state index >= 15 is 0 Å². The average molecular weight is 377 g/mol. The van der Waals surface area contributed by atoms with E-state index in [0.29, 0.717) is 5.75 Å². The summed E-state index contributed by atoms with van der Waals surface area (Å²) in [5.41, 5.74) is 1.72. The van der Waals surface area contributed by atoms with E-state index in [-0.39, 0.29) is 5.91 Å². The van der Waals surface area contributed by atoms with Crippen LogP contribution in [0.4, 0.5) is 5.69 Å². The van der Waals surface area contributed by atoms with Gasteiger partial charge in [0.2, 0.25) is 5.91 Å². The SMILES string of the molecule is Cc1csc(SCC(=O)Nc2ccc3c(c2)OC2(CCCCC2)O3)n1. The fourth-order valence-electron chi connectivity index (χ4n) is 3.19. The summed E-state index contributed by atoms with van der Waals surface area (Å²) in [5.74, 6) is 1.30. The van der Waals surface area contributed by atoms with Crippen LogP contribution in [0.1, 0.15) is 37.8 Å². The normalized spacial score (nSPS) is 17.6. The monoisotopic (exact) mass is 376 g/mol. The van der Waals surface area contributed by atoms with Crippen molar-refractivity contribution in [3.63, 3.8) is 0 Å². The number of nitrogens with one attached hydrogen (secondary N) is 1. The summed E-state index contributed by atoms with van der Waals surface area (Å²) in [6.07, 6.45) is 5.35. The first kappa shape index (κ1) is 16.7. The standard InChI is InChI=1S/C18H20N2O3S2/c1-12-10-24-17(19-12)25-11-16(21)20-13-5-6-14-15(9-13)23-18(22-14)7-3-2-4-8-18/h5-6,9-10H,2-4,7-8,11H2,1H3,(H,20,21). The number of thioether (sulfide) groups is 1. The second kappa shape index (κ2) is 6.88. The molecule has 1 saturated carbocycles. The van der Waals surface area contributed by atoms with Crippen LogP contribution in [0.25, 0.3) is 0 Å². The number of carbonyl (C=O) groups excluding carboxylic acids is 1. The molecule has 132 valence electrons. The van der Waals surface area contributed by atoms with Gasteiger partial charge in [-0.05, 0) is 31.9 Å². The molecule has 1 aromatic heterocycles. The molecule has 1 aliphatic carbocycles. The summed E-state index contributed by atoms with van der Waals surface area (Å²) in [7, 11) is 0. The molecule has 1 aliphatic heterocycles. The number of aryl methyl sites for hydroxylation is 1. The topological polar surface area (TPSA) is 60.5 Å². The molecule has 0 unspecified atom stereocenters. The molecule has 1 amide bonds. The summed E-state index contributed by atoms with van der Waals surface area (Å²) in [6, 6.07) is 5.60. The maximum Gasteiger partial charge on any atom is 0.251 e. The van der Waals surface area contributed by atoms with Crippen LogP contribution < -0.4 is 14.8 Å². The fourth-order valence-corrected chi connectivity index (χ4v) is 4.84. The molecule has 1 fully saturated rings. The molecule has 7 heteroatoms. The third-order valence-corrected chi connectivity index (χ3v) is 6.50. The van der Waals surface area contributed by atoms with Crippen LogP contribution in [0, 0.1) is 6.92 Å². The molecule has 1 N–H and O–H groups in total. The summed E-state index contributed by atoms with van der Waals surface area (Å²) in [5, 5.41) is 4.91. The molecule has 1 aromatic carbocycles. The van der Waals surface area contributed by atoms with Gasteiger partial charge in [0.05, 0.1) is 5.75 Å². The second-order valence-electron chi connectivity index (χ2n) is 6.43. The fraction of sp³-hybridized carbons (Fsp3) is 0.444. The van der Waals surface area contributed by atoms with Crippen LogP contribution in [-0.2, 0) is 4.79 Å². The molecule has 0 radical (unpaired) electrons. The number of thiazole rings is 1. The zero-order valence-corrected chi connectivity index (χ0v) is 15.7. The van der Waals surface area contributed by atoms with Crippen molar-refractivity contribution in [3.05, 3.63) is 29.3 Å². The van der Waals surface area contributed by atoms with Crippen LogP contribution in [0.5, 0.6) is 11.5 Å². The lowest BCUT2D eigenvalue weighted by molar-refractivity contribution is -0.113. The summed E-state index contributed by atoms with van der Waals surface area (Å²) in [6.45, 7) is 1.95. The average Bonchev–Trinajstić information content (AvgIpc) is 3.16. The molecule has 0 atom stereocenters. The lowest BCUT2D eigenvalue weighted by Crippen LogP contribution is -2.40. The zero-order chi connectivity index (χ0) is 17.3. The third kappa shape index (κ3) is 3.77. The predicted octanol–water partition coefficient (Wildman–Crippen LogP) is 4.61. The van der Waals surface area contributed by atoms with Crippen LogP contribution in [0.2, 0.25) is 0 Å². The molecule has 2 heterocycles. The summed E-state index contributed by atoms with van der Waals surface area (Å²) < 4.78 is 13.1. The lowest BCUT2D eigenvalue weighted by atomic mass is 9.94. The molecule has 4 rings (SSSR count). The number of ether oxygens (including phenoxy) is 2. The van der Waals surface area contributed by atoms with Crippen LogP contribution >= 0.6 is 23.1 Å². The van der Waals surface area contributed by atoms with Gasteiger partial charge in [0.1, 0.15) is 0 Å². The molecule has 0 saturated heterocycles. The molecular weight excluding hydrogens is 356 g/mol. The van der Waals surface area contributed by atoms with Crippen molar-refractivity contribution in [2.45, 2.75) is 49.2 Å². The number of hydrogen-bond acceptors (Lipinski definition) is 6. The number of fused-ring (bicyclic) bond motifs is 1. The molecule has 25 heavy (non-hydrogen) atoms. The minimum Gasteiger partial charge on any atom is -0.448 e. The first-order valence-electron chi connectivity index (χ1n) is 8.49. The quantitative estimate of drug-likeness (QED) is 0.790. The highest BCUT2D eigenvalue weighted by Crippen LogP contribution is 2.46. The Labute approximate surface area is 155 Å². The number of benzene rings is 1. The van der Waals surface area contributed by atoms with Crippen LogP contribution in [-0.4, -0.2) is 22.4 Å². The van der Waals surface area contributed by atoms with Crippen molar-refractivity contribution in [2.75, 3.05) is 11.1 Å². The van der Waals surface area contributed by atoms with Crippen LogP contribution in [0.3, 0.4) is 0 Å². The Morgan fingerprint density at radius 3 is 2.84 bits per heavy atom. The highest BCUT2D eigenvalue weighted by molar-refractivity contribution is 8.01. The first-order chi connectivity index (χ1) is 12.1. The number of nitrogens with zero attached hydrogens (tertiary/aromatic N) is 1. The summed E-state index contributed by atoms with van der Waals surface area (Å²) >= 11 is 3.01. The predicted molar refractivity (Wildman–Crippen MR) is 99.7 cm³/mol. The van der Waals surface area contributed by atoms with E-state index in [0.717, 1.165) is 52.9 Å². The highest BCUT2D eigenvalue weighted by atomic mass is 32.2. The van der Waals surface area contributed by atoms with Crippen LogP contribution in [0.15, 0.2) is 27.9 Å². The molecular formula is C18H20N2O3S2. The van der Waals surface area contributed by atoms with Gasteiger partial charge in [0.15, 0.2) is 15.8 Å². The van der Waals surface area contributed by atoms with Gasteiger partial charge < -0.3 is 14.8 Å². The van der Waals surface area contributed by atoms with Crippen molar-refractivity contribution in [1.29, 1.82) is 0 Å². The van der Waals surface area contributed by atoms with Gasteiger partial charge in [-0.3, -0.25) is 4.79 Å². The van der Waals surface area contributed by atoms with E-state index in [1.165, 1.54) is 18.2 Å². The van der Waals surface area contributed by atoms with Gasteiger partial charge in [-0.15, -0.1) is 11.3 Å². The number of anilines is 1.